The molecule has 0 aromatic carbocycles. The first kappa shape index (κ1) is 11.9. The topological polar surface area (TPSA) is 27.7 Å². The molecular formula is C8H17IO3Si. The molecule has 0 amide bonds. The number of rotatable bonds is 1. The van der Waals surface area contributed by atoms with Gasteiger partial charge >= 0.3 is 8.56 Å². The average molecular weight is 316 g/mol. The van der Waals surface area contributed by atoms with Crippen molar-refractivity contribution in [1.82, 2.24) is 0 Å². The Balaban J connectivity index is 2.58. The van der Waals surface area contributed by atoms with Crippen molar-refractivity contribution >= 4 is 31.2 Å². The molecule has 0 aliphatic carbocycles. The first-order valence-electron chi connectivity index (χ1n) is 4.55. The third-order valence-corrected chi connectivity index (χ3v) is 8.29. The van der Waals surface area contributed by atoms with Gasteiger partial charge in [-0.1, -0.05) is 22.6 Å². The minimum absolute atomic E-state index is 0.166. The van der Waals surface area contributed by atoms with E-state index in [0.29, 0.717) is 13.2 Å². The van der Waals surface area contributed by atoms with Gasteiger partial charge in [0.1, 0.15) is 0 Å². The molecule has 0 aromatic rings. The van der Waals surface area contributed by atoms with Gasteiger partial charge in [-0.2, -0.15) is 0 Å². The van der Waals surface area contributed by atoms with Crippen LogP contribution in [0.2, 0.25) is 6.55 Å². The molecule has 3 nitrogen and oxygen atoms in total. The Labute approximate surface area is 94.5 Å². The van der Waals surface area contributed by atoms with Crippen LogP contribution in [0.15, 0.2) is 0 Å². The van der Waals surface area contributed by atoms with E-state index >= 15 is 0 Å². The lowest BCUT2D eigenvalue weighted by Gasteiger charge is -2.34. The van der Waals surface area contributed by atoms with Gasteiger partial charge in [0.05, 0.1) is 25.4 Å². The van der Waals surface area contributed by atoms with Crippen LogP contribution in [0.4, 0.5) is 0 Å². The maximum atomic E-state index is 5.88. The van der Waals surface area contributed by atoms with E-state index in [1.165, 1.54) is 0 Å². The normalized spacial score (nSPS) is 42.5. The second-order valence-electron chi connectivity index (χ2n) is 3.66. The fraction of sp³-hybridized carbons (Fsp3) is 1.00. The monoisotopic (exact) mass is 316 g/mol. The fourth-order valence-corrected chi connectivity index (χ4v) is 4.51. The number of hydrogen-bond acceptors (Lipinski definition) is 3. The lowest BCUT2D eigenvalue weighted by Crippen LogP contribution is -2.49. The molecule has 0 aromatic heterocycles. The van der Waals surface area contributed by atoms with Crippen LogP contribution in [0.5, 0.6) is 0 Å². The molecule has 1 rings (SSSR count). The molecule has 1 aliphatic heterocycles. The van der Waals surface area contributed by atoms with Crippen LogP contribution in [0.3, 0.4) is 0 Å². The highest BCUT2D eigenvalue weighted by Crippen LogP contribution is 2.18. The van der Waals surface area contributed by atoms with Crippen LogP contribution in [-0.2, 0) is 13.6 Å². The molecule has 2 atom stereocenters. The van der Waals surface area contributed by atoms with E-state index in [1.54, 1.807) is 0 Å². The smallest absolute Gasteiger partial charge is 0.345 e. The Kier molecular flexibility index (Phi) is 4.63. The number of halogens is 1. The van der Waals surface area contributed by atoms with Gasteiger partial charge in [-0.3, -0.25) is 0 Å². The van der Waals surface area contributed by atoms with E-state index in [9.17, 15) is 0 Å². The summed E-state index contributed by atoms with van der Waals surface area (Å²) in [6.45, 7) is 7.57. The summed E-state index contributed by atoms with van der Waals surface area (Å²) in [5, 5.41) is 0. The highest BCUT2D eigenvalue weighted by Gasteiger charge is 2.35. The van der Waals surface area contributed by atoms with Crippen LogP contribution in [0.1, 0.15) is 13.8 Å². The van der Waals surface area contributed by atoms with Gasteiger partial charge < -0.3 is 13.6 Å². The lowest BCUT2D eigenvalue weighted by molar-refractivity contribution is -0.0350. The molecule has 1 heterocycles. The maximum Gasteiger partial charge on any atom is 0.345 e. The van der Waals surface area contributed by atoms with E-state index in [0.717, 1.165) is 4.05 Å². The Morgan fingerprint density at radius 3 is 2.08 bits per heavy atom. The molecule has 1 saturated heterocycles. The van der Waals surface area contributed by atoms with E-state index in [2.05, 4.69) is 29.1 Å². The van der Waals surface area contributed by atoms with E-state index in [-0.39, 0.29) is 12.2 Å². The van der Waals surface area contributed by atoms with Gasteiger partial charge in [0.25, 0.3) is 0 Å². The first-order valence-corrected chi connectivity index (χ1v) is 8.60. The van der Waals surface area contributed by atoms with Crippen molar-refractivity contribution in [3.8, 4) is 0 Å². The molecular weight excluding hydrogens is 299 g/mol. The van der Waals surface area contributed by atoms with E-state index < -0.39 is 8.56 Å². The Hall–Kier alpha value is 0.827. The van der Waals surface area contributed by atoms with Crippen molar-refractivity contribution < 1.29 is 13.6 Å². The summed E-state index contributed by atoms with van der Waals surface area (Å²) in [5.74, 6) is 0. The molecule has 0 saturated carbocycles. The Morgan fingerprint density at radius 1 is 1.23 bits per heavy atom. The zero-order valence-electron chi connectivity index (χ0n) is 8.38. The average Bonchev–Trinajstić information content (AvgIpc) is 2.01. The zero-order chi connectivity index (χ0) is 9.90. The molecule has 0 radical (unpaired) electrons. The van der Waals surface area contributed by atoms with Crippen molar-refractivity contribution in [1.29, 1.82) is 0 Å². The van der Waals surface area contributed by atoms with Gasteiger partial charge in [-0.15, -0.1) is 0 Å². The molecule has 13 heavy (non-hydrogen) atoms. The molecule has 2 unspecified atom stereocenters. The predicted octanol–water partition coefficient (Wildman–Crippen LogP) is 1.87. The van der Waals surface area contributed by atoms with E-state index in [1.807, 2.05) is 13.8 Å². The number of alkyl halides is 1. The summed E-state index contributed by atoms with van der Waals surface area (Å²) in [6.07, 6.45) is 0.331. The first-order chi connectivity index (χ1) is 6.06. The summed E-state index contributed by atoms with van der Waals surface area (Å²) < 4.78 is 18.1. The largest absolute Gasteiger partial charge is 0.389 e. The summed E-state index contributed by atoms with van der Waals surface area (Å²) in [6, 6.07) is 0. The maximum absolute atomic E-state index is 5.88. The fourth-order valence-electron chi connectivity index (χ4n) is 1.41. The summed E-state index contributed by atoms with van der Waals surface area (Å²) >= 11 is 2.34. The summed E-state index contributed by atoms with van der Waals surface area (Å²) in [5.41, 5.74) is 0. The van der Waals surface area contributed by atoms with Crippen molar-refractivity contribution in [2.24, 2.45) is 0 Å². The highest BCUT2D eigenvalue weighted by atomic mass is 127. The number of hydrogen-bond donors (Lipinski definition) is 0. The third-order valence-electron chi connectivity index (χ3n) is 1.85. The second-order valence-corrected chi connectivity index (χ2v) is 8.96. The van der Waals surface area contributed by atoms with Gasteiger partial charge in [0, 0.05) is 4.05 Å². The van der Waals surface area contributed by atoms with Crippen molar-refractivity contribution in [3.63, 3.8) is 0 Å². The lowest BCUT2D eigenvalue weighted by atomic mass is 10.4. The second kappa shape index (κ2) is 5.06. The van der Waals surface area contributed by atoms with Crippen molar-refractivity contribution in [3.05, 3.63) is 0 Å². The standard InChI is InChI=1S/C8H17IO3Si/c1-7-4-10-5-8(2)12-13(3,6-9)11-7/h7-8H,4-6H2,1-3H3. The summed E-state index contributed by atoms with van der Waals surface area (Å²) in [4.78, 5) is 0. The minimum atomic E-state index is -1.91. The Bertz CT molecular complexity index is 155. The van der Waals surface area contributed by atoms with Gasteiger partial charge in [-0.05, 0) is 20.4 Å². The third kappa shape index (κ3) is 3.82. The van der Waals surface area contributed by atoms with Crippen LogP contribution < -0.4 is 0 Å². The van der Waals surface area contributed by atoms with Crippen LogP contribution in [0, 0.1) is 0 Å². The predicted molar refractivity (Wildman–Crippen MR) is 62.4 cm³/mol. The molecule has 0 N–H and O–H groups in total. The quantitative estimate of drug-likeness (QED) is 0.420. The number of ether oxygens (including phenoxy) is 1. The molecule has 0 spiro atoms. The molecule has 0 bridgehead atoms. The van der Waals surface area contributed by atoms with Crippen LogP contribution in [0.25, 0.3) is 0 Å². The van der Waals surface area contributed by atoms with Gasteiger partial charge in [-0.25, -0.2) is 0 Å². The highest BCUT2D eigenvalue weighted by molar-refractivity contribution is 14.1. The molecule has 1 aliphatic rings. The van der Waals surface area contributed by atoms with Crippen LogP contribution in [-0.4, -0.2) is 38.0 Å². The SMILES string of the molecule is CC1COCC(C)O[Si](C)(CI)O1. The van der Waals surface area contributed by atoms with Crippen molar-refractivity contribution in [2.45, 2.75) is 32.6 Å². The van der Waals surface area contributed by atoms with E-state index in [4.69, 9.17) is 13.6 Å². The molecule has 5 heteroatoms. The van der Waals surface area contributed by atoms with Crippen molar-refractivity contribution in [2.75, 3.05) is 17.3 Å². The minimum Gasteiger partial charge on any atom is -0.389 e. The Morgan fingerprint density at radius 2 is 1.69 bits per heavy atom. The van der Waals surface area contributed by atoms with Crippen LogP contribution >= 0.6 is 22.6 Å². The molecule has 1 fully saturated rings. The zero-order valence-corrected chi connectivity index (χ0v) is 11.5. The van der Waals surface area contributed by atoms with Gasteiger partial charge in [0.2, 0.25) is 0 Å². The molecule has 78 valence electrons. The van der Waals surface area contributed by atoms with Gasteiger partial charge in [0.15, 0.2) is 0 Å². The summed E-state index contributed by atoms with van der Waals surface area (Å²) in [7, 11) is -1.91.